The van der Waals surface area contributed by atoms with Gasteiger partial charge in [0.15, 0.2) is 5.69 Å². The smallest absolute Gasteiger partial charge is 0.268 e. The average Bonchev–Trinajstić information content (AvgIpc) is 1.97. The van der Waals surface area contributed by atoms with E-state index in [0.717, 1.165) is 6.07 Å². The topological polar surface area (TPSA) is 34.9 Å². The maximum Gasteiger partial charge on any atom is 0.435 e. The number of hydrogen-bond donors (Lipinski definition) is 0. The van der Waals surface area contributed by atoms with Crippen molar-refractivity contribution in [3.05, 3.63) is 27.7 Å². The third kappa shape index (κ3) is 1.88. The van der Waals surface area contributed by atoms with Crippen LogP contribution >= 0.6 is 0 Å². The molecule has 0 saturated heterocycles. The number of nitrogens with zero attached hydrogens (tertiary/aromatic N) is 2. The van der Waals surface area contributed by atoms with Crippen molar-refractivity contribution in [1.29, 1.82) is 0 Å². The van der Waals surface area contributed by atoms with E-state index in [9.17, 15) is 18.0 Å². The zero-order valence-corrected chi connectivity index (χ0v) is 7.01. The fraction of sp³-hybridized carbons (Fsp3) is 0.429. The van der Waals surface area contributed by atoms with E-state index < -0.39 is 17.4 Å². The monoisotopic (exact) mass is 192 g/mol. The third-order valence-corrected chi connectivity index (χ3v) is 1.53. The van der Waals surface area contributed by atoms with Crippen LogP contribution in [-0.4, -0.2) is 9.78 Å². The predicted octanol–water partition coefficient (Wildman–Crippen LogP) is 1.11. The molecule has 0 radical (unpaired) electrons. The maximum atomic E-state index is 12.1. The van der Waals surface area contributed by atoms with Gasteiger partial charge in [-0.3, -0.25) is 4.79 Å². The summed E-state index contributed by atoms with van der Waals surface area (Å²) in [6.07, 6.45) is -4.50. The molecule has 0 saturated carbocycles. The normalized spacial score (nSPS) is 11.8. The van der Waals surface area contributed by atoms with E-state index in [1.165, 1.54) is 14.0 Å². The van der Waals surface area contributed by atoms with E-state index in [1.807, 2.05) is 0 Å². The Hall–Kier alpha value is -1.33. The van der Waals surface area contributed by atoms with Gasteiger partial charge in [-0.1, -0.05) is 0 Å². The first kappa shape index (κ1) is 9.76. The zero-order chi connectivity index (χ0) is 10.2. The van der Waals surface area contributed by atoms with Crippen molar-refractivity contribution >= 4 is 0 Å². The van der Waals surface area contributed by atoms with Crippen molar-refractivity contribution < 1.29 is 13.2 Å². The van der Waals surface area contributed by atoms with E-state index in [2.05, 4.69) is 5.10 Å². The Morgan fingerprint density at radius 2 is 2.00 bits per heavy atom. The van der Waals surface area contributed by atoms with Gasteiger partial charge < -0.3 is 0 Å². The molecule has 72 valence electrons. The Labute approximate surface area is 71.8 Å². The van der Waals surface area contributed by atoms with Gasteiger partial charge in [-0.05, 0) is 13.0 Å². The van der Waals surface area contributed by atoms with Crippen molar-refractivity contribution in [1.82, 2.24) is 9.78 Å². The Morgan fingerprint density at radius 3 is 2.38 bits per heavy atom. The lowest BCUT2D eigenvalue weighted by atomic mass is 10.3. The number of aryl methyl sites for hydroxylation is 2. The van der Waals surface area contributed by atoms with E-state index in [0.29, 0.717) is 4.68 Å². The predicted molar refractivity (Wildman–Crippen MR) is 39.2 cm³/mol. The van der Waals surface area contributed by atoms with Crippen LogP contribution in [-0.2, 0) is 13.2 Å². The molecule has 0 aliphatic carbocycles. The highest BCUT2D eigenvalue weighted by molar-refractivity contribution is 5.13. The summed E-state index contributed by atoms with van der Waals surface area (Å²) in [6.45, 7) is 1.32. The van der Waals surface area contributed by atoms with E-state index in [1.54, 1.807) is 0 Å². The van der Waals surface area contributed by atoms with Gasteiger partial charge in [0.05, 0.1) is 0 Å². The molecule has 3 nitrogen and oxygen atoms in total. The highest BCUT2D eigenvalue weighted by atomic mass is 19.4. The first-order valence-electron chi connectivity index (χ1n) is 3.44. The van der Waals surface area contributed by atoms with E-state index in [4.69, 9.17) is 0 Å². The van der Waals surface area contributed by atoms with Gasteiger partial charge in [-0.15, -0.1) is 0 Å². The summed E-state index contributed by atoms with van der Waals surface area (Å²) < 4.78 is 37.0. The molecule has 0 fully saturated rings. The Kier molecular flexibility index (Phi) is 2.15. The number of halogens is 3. The number of hydrogen-bond acceptors (Lipinski definition) is 2. The van der Waals surface area contributed by atoms with Gasteiger partial charge in [0.25, 0.3) is 5.56 Å². The Bertz CT molecular complexity index is 354. The standard InChI is InChI=1S/C7H7F3N2O/c1-4-3-5(7(8,9)10)11-12(2)6(4)13/h3H,1-2H3. The summed E-state index contributed by atoms with van der Waals surface area (Å²) in [6, 6.07) is 0.738. The second kappa shape index (κ2) is 2.86. The molecule has 0 spiro atoms. The van der Waals surface area contributed by atoms with Crippen LogP contribution in [0.2, 0.25) is 0 Å². The summed E-state index contributed by atoms with van der Waals surface area (Å²) in [7, 11) is 1.19. The van der Waals surface area contributed by atoms with E-state index >= 15 is 0 Å². The van der Waals surface area contributed by atoms with Crippen LogP contribution in [0.15, 0.2) is 10.9 Å². The summed E-state index contributed by atoms with van der Waals surface area (Å²) in [5.41, 5.74) is -1.54. The van der Waals surface area contributed by atoms with Gasteiger partial charge in [0, 0.05) is 12.6 Å². The summed E-state index contributed by atoms with van der Waals surface area (Å²) in [5.74, 6) is 0. The van der Waals surface area contributed by atoms with Crippen LogP contribution in [0.25, 0.3) is 0 Å². The van der Waals surface area contributed by atoms with Gasteiger partial charge >= 0.3 is 6.18 Å². The molecule has 0 aliphatic heterocycles. The van der Waals surface area contributed by atoms with Crippen LogP contribution in [0.1, 0.15) is 11.3 Å². The molecule has 1 rings (SSSR count). The Balaban J connectivity index is 3.38. The lowest BCUT2D eigenvalue weighted by Gasteiger charge is -2.07. The largest absolute Gasteiger partial charge is 0.435 e. The molecular weight excluding hydrogens is 185 g/mol. The molecule has 0 amide bonds. The molecule has 0 bridgehead atoms. The van der Waals surface area contributed by atoms with Crippen molar-refractivity contribution in [2.45, 2.75) is 13.1 Å². The third-order valence-electron chi connectivity index (χ3n) is 1.53. The number of aromatic nitrogens is 2. The fourth-order valence-corrected chi connectivity index (χ4v) is 0.896. The molecule has 1 aromatic rings. The van der Waals surface area contributed by atoms with Crippen molar-refractivity contribution in [2.75, 3.05) is 0 Å². The first-order chi connectivity index (χ1) is 5.82. The van der Waals surface area contributed by atoms with Crippen molar-refractivity contribution in [3.63, 3.8) is 0 Å². The van der Waals surface area contributed by atoms with Crippen LogP contribution in [0.5, 0.6) is 0 Å². The maximum absolute atomic E-state index is 12.1. The number of alkyl halides is 3. The molecule has 1 heterocycles. The lowest BCUT2D eigenvalue weighted by molar-refractivity contribution is -0.142. The average molecular weight is 192 g/mol. The summed E-state index contributed by atoms with van der Waals surface area (Å²) in [5, 5.41) is 3.08. The van der Waals surface area contributed by atoms with Gasteiger partial charge in [0.2, 0.25) is 0 Å². The Morgan fingerprint density at radius 1 is 1.46 bits per heavy atom. The van der Waals surface area contributed by atoms with Crippen molar-refractivity contribution in [2.24, 2.45) is 7.05 Å². The first-order valence-corrected chi connectivity index (χ1v) is 3.44. The fourth-order valence-electron chi connectivity index (χ4n) is 0.896. The van der Waals surface area contributed by atoms with Crippen molar-refractivity contribution in [3.8, 4) is 0 Å². The minimum atomic E-state index is -4.50. The van der Waals surface area contributed by atoms with Gasteiger partial charge in [-0.25, -0.2) is 4.68 Å². The van der Waals surface area contributed by atoms with Gasteiger partial charge in [0.1, 0.15) is 0 Å². The molecule has 0 N–H and O–H groups in total. The lowest BCUT2D eigenvalue weighted by Crippen LogP contribution is -2.25. The molecular formula is C7H7F3N2O. The molecule has 0 atom stereocenters. The van der Waals surface area contributed by atoms with Crippen LogP contribution < -0.4 is 5.56 Å². The minimum absolute atomic E-state index is 0.0322. The molecule has 13 heavy (non-hydrogen) atoms. The molecule has 0 aromatic carbocycles. The molecule has 1 aromatic heterocycles. The second-order valence-corrected chi connectivity index (χ2v) is 2.64. The SMILES string of the molecule is Cc1cc(C(F)(F)F)nn(C)c1=O. The number of rotatable bonds is 0. The molecule has 0 aliphatic rings. The minimum Gasteiger partial charge on any atom is -0.268 e. The van der Waals surface area contributed by atoms with Crippen LogP contribution in [0.4, 0.5) is 13.2 Å². The van der Waals surface area contributed by atoms with Crippen LogP contribution in [0, 0.1) is 6.92 Å². The molecule has 6 heteroatoms. The van der Waals surface area contributed by atoms with Gasteiger partial charge in [-0.2, -0.15) is 18.3 Å². The summed E-state index contributed by atoms with van der Waals surface area (Å²) in [4.78, 5) is 11.0. The highest BCUT2D eigenvalue weighted by Crippen LogP contribution is 2.26. The highest BCUT2D eigenvalue weighted by Gasteiger charge is 2.33. The second-order valence-electron chi connectivity index (χ2n) is 2.64. The summed E-state index contributed by atoms with van der Waals surface area (Å²) >= 11 is 0. The zero-order valence-electron chi connectivity index (χ0n) is 7.01. The van der Waals surface area contributed by atoms with E-state index in [-0.39, 0.29) is 5.56 Å². The molecule has 0 unspecified atom stereocenters. The van der Waals surface area contributed by atoms with Crippen LogP contribution in [0.3, 0.4) is 0 Å². The quantitative estimate of drug-likeness (QED) is 0.617.